The number of amides is 1. The number of hydrogen-bond donors (Lipinski definition) is 2. The van der Waals surface area contributed by atoms with Gasteiger partial charge in [0.05, 0.1) is 12.0 Å². The van der Waals surface area contributed by atoms with E-state index in [1.807, 2.05) is 37.4 Å². The van der Waals surface area contributed by atoms with E-state index in [1.54, 1.807) is 12.1 Å². The van der Waals surface area contributed by atoms with Crippen molar-refractivity contribution < 1.29 is 14.3 Å². The molecule has 1 aromatic carbocycles. The fraction of sp³-hybridized carbons (Fsp3) is 0.333. The van der Waals surface area contributed by atoms with E-state index in [4.69, 9.17) is 4.42 Å². The van der Waals surface area contributed by atoms with Crippen LogP contribution in [0, 0.1) is 0 Å². The molecule has 1 saturated heterocycles. The molecule has 126 valence electrons. The lowest BCUT2D eigenvalue weighted by Crippen LogP contribution is -2.49. The van der Waals surface area contributed by atoms with Crippen LogP contribution < -0.4 is 5.43 Å². The first kappa shape index (κ1) is 16.4. The zero-order valence-corrected chi connectivity index (χ0v) is 13.6. The van der Waals surface area contributed by atoms with Crippen LogP contribution in [0.25, 0.3) is 0 Å². The highest BCUT2D eigenvalue weighted by atomic mass is 16.3. The summed E-state index contributed by atoms with van der Waals surface area (Å²) in [5.74, 6) is -0.258. The Labute approximate surface area is 140 Å². The van der Waals surface area contributed by atoms with Gasteiger partial charge in [-0.2, -0.15) is 5.10 Å². The second kappa shape index (κ2) is 6.98. The first-order valence-corrected chi connectivity index (χ1v) is 7.97. The van der Waals surface area contributed by atoms with Crippen molar-refractivity contribution in [3.8, 4) is 0 Å². The molecule has 2 N–H and O–H groups in total. The van der Waals surface area contributed by atoms with E-state index in [1.165, 1.54) is 6.26 Å². The molecule has 24 heavy (non-hydrogen) atoms. The number of likely N-dealkylation sites (tertiary alicyclic amines) is 1. The topological polar surface area (TPSA) is 78.1 Å². The van der Waals surface area contributed by atoms with E-state index >= 15 is 0 Å². The number of carbonyl (C=O) groups excluding carboxylic acids is 1. The Bertz CT molecular complexity index is 702. The third kappa shape index (κ3) is 3.55. The molecular formula is C18H21N3O3. The Kier molecular flexibility index (Phi) is 4.78. The molecule has 1 amide bonds. The fourth-order valence-corrected chi connectivity index (χ4v) is 2.83. The lowest BCUT2D eigenvalue weighted by atomic mass is 9.83. The van der Waals surface area contributed by atoms with Gasteiger partial charge in [0.15, 0.2) is 5.76 Å². The van der Waals surface area contributed by atoms with Crippen LogP contribution in [-0.4, -0.2) is 47.4 Å². The van der Waals surface area contributed by atoms with Crippen molar-refractivity contribution in [3.63, 3.8) is 0 Å². The Morgan fingerprint density at radius 1 is 1.21 bits per heavy atom. The Hall–Kier alpha value is -2.44. The molecule has 0 saturated carbocycles. The second-order valence-electron chi connectivity index (χ2n) is 6.08. The number of hydrogen-bond acceptors (Lipinski definition) is 5. The van der Waals surface area contributed by atoms with E-state index in [0.717, 1.165) is 18.7 Å². The molecule has 0 radical (unpaired) electrons. The minimum absolute atomic E-state index is 0.182. The summed E-state index contributed by atoms with van der Waals surface area (Å²) >= 11 is 0. The van der Waals surface area contributed by atoms with Crippen molar-refractivity contribution in [1.82, 2.24) is 10.3 Å². The number of aliphatic hydroxyl groups is 1. The molecule has 2 heterocycles. The van der Waals surface area contributed by atoms with Crippen LogP contribution in [-0.2, 0) is 0 Å². The van der Waals surface area contributed by atoms with Crippen LogP contribution in [0.3, 0.4) is 0 Å². The summed E-state index contributed by atoms with van der Waals surface area (Å²) in [6.45, 7) is 1.54. The molecule has 0 aliphatic carbocycles. The summed E-state index contributed by atoms with van der Waals surface area (Å²) in [5.41, 5.74) is 2.71. The number of hydrazone groups is 1. The SMILES string of the molecule is CN1CCC(O)(/C(=N\NC(=O)c2ccco2)c2ccccc2)CC1. The number of benzene rings is 1. The van der Waals surface area contributed by atoms with Gasteiger partial charge in [-0.1, -0.05) is 30.3 Å². The maximum Gasteiger partial charge on any atom is 0.307 e. The predicted molar refractivity (Wildman–Crippen MR) is 90.8 cm³/mol. The average Bonchev–Trinajstić information content (AvgIpc) is 3.13. The van der Waals surface area contributed by atoms with Gasteiger partial charge in [-0.25, -0.2) is 5.43 Å². The molecule has 3 rings (SSSR count). The Morgan fingerprint density at radius 3 is 2.54 bits per heavy atom. The van der Waals surface area contributed by atoms with Gasteiger partial charge in [-0.15, -0.1) is 0 Å². The molecule has 1 aliphatic heterocycles. The number of nitrogens with one attached hydrogen (secondary N) is 1. The van der Waals surface area contributed by atoms with Gasteiger partial charge in [0.2, 0.25) is 0 Å². The quantitative estimate of drug-likeness (QED) is 0.664. The summed E-state index contributed by atoms with van der Waals surface area (Å²) in [6, 6.07) is 12.6. The third-order valence-corrected chi connectivity index (χ3v) is 4.32. The van der Waals surface area contributed by atoms with Gasteiger partial charge < -0.3 is 14.4 Å². The van der Waals surface area contributed by atoms with Gasteiger partial charge in [0, 0.05) is 18.7 Å². The van der Waals surface area contributed by atoms with Crippen molar-refractivity contribution >= 4 is 11.6 Å². The normalized spacial score (nSPS) is 18.3. The van der Waals surface area contributed by atoms with Crippen LogP contribution in [0.5, 0.6) is 0 Å². The molecule has 1 aliphatic rings. The lowest BCUT2D eigenvalue weighted by Gasteiger charge is -2.37. The molecule has 1 fully saturated rings. The van der Waals surface area contributed by atoms with E-state index in [9.17, 15) is 9.90 Å². The molecular weight excluding hydrogens is 306 g/mol. The summed E-state index contributed by atoms with van der Waals surface area (Å²) in [4.78, 5) is 14.2. The number of piperidine rings is 1. The highest BCUT2D eigenvalue weighted by molar-refractivity contribution is 6.07. The van der Waals surface area contributed by atoms with Crippen molar-refractivity contribution in [2.45, 2.75) is 18.4 Å². The number of carbonyl (C=O) groups is 1. The minimum Gasteiger partial charge on any atom is -0.459 e. The minimum atomic E-state index is -1.07. The average molecular weight is 327 g/mol. The van der Waals surface area contributed by atoms with Gasteiger partial charge in [-0.3, -0.25) is 4.79 Å². The zero-order valence-electron chi connectivity index (χ0n) is 13.6. The summed E-state index contributed by atoms with van der Waals surface area (Å²) < 4.78 is 5.07. The largest absolute Gasteiger partial charge is 0.459 e. The maximum absolute atomic E-state index is 12.1. The summed E-state index contributed by atoms with van der Waals surface area (Å²) in [5, 5.41) is 15.4. The van der Waals surface area contributed by atoms with Crippen LogP contribution in [0.4, 0.5) is 0 Å². The monoisotopic (exact) mass is 327 g/mol. The molecule has 0 atom stereocenters. The third-order valence-electron chi connectivity index (χ3n) is 4.32. The van der Waals surface area contributed by atoms with Gasteiger partial charge in [0.25, 0.3) is 0 Å². The number of nitrogens with zero attached hydrogens (tertiary/aromatic N) is 2. The predicted octanol–water partition coefficient (Wildman–Crippen LogP) is 1.87. The van der Waals surface area contributed by atoms with E-state index in [0.29, 0.717) is 18.6 Å². The van der Waals surface area contributed by atoms with E-state index < -0.39 is 11.5 Å². The van der Waals surface area contributed by atoms with Crippen molar-refractivity contribution in [2.24, 2.45) is 5.10 Å². The lowest BCUT2D eigenvalue weighted by molar-refractivity contribution is 0.0437. The van der Waals surface area contributed by atoms with Crippen LogP contribution in [0.1, 0.15) is 29.0 Å². The standard InChI is InChI=1S/C18H21N3O3/c1-21-11-9-18(23,10-12-21)16(14-6-3-2-4-7-14)19-20-17(22)15-8-5-13-24-15/h2-8,13,23H,9-12H2,1H3,(H,20,22)/b19-16-. The molecule has 1 aromatic heterocycles. The Morgan fingerprint density at radius 2 is 1.92 bits per heavy atom. The maximum atomic E-state index is 12.1. The van der Waals surface area contributed by atoms with Crippen molar-refractivity contribution in [1.29, 1.82) is 0 Å². The smallest absolute Gasteiger partial charge is 0.307 e. The van der Waals surface area contributed by atoms with Gasteiger partial charge in [0.1, 0.15) is 5.60 Å². The van der Waals surface area contributed by atoms with Crippen LogP contribution in [0.15, 0.2) is 58.2 Å². The van der Waals surface area contributed by atoms with Crippen molar-refractivity contribution in [3.05, 3.63) is 60.1 Å². The first-order chi connectivity index (χ1) is 11.6. The second-order valence-corrected chi connectivity index (χ2v) is 6.08. The van der Waals surface area contributed by atoms with E-state index in [-0.39, 0.29) is 5.76 Å². The summed E-state index contributed by atoms with van der Waals surface area (Å²) in [7, 11) is 2.03. The molecule has 0 spiro atoms. The Balaban J connectivity index is 1.88. The first-order valence-electron chi connectivity index (χ1n) is 7.97. The highest BCUT2D eigenvalue weighted by Gasteiger charge is 2.37. The molecule has 0 bridgehead atoms. The van der Waals surface area contributed by atoms with Gasteiger partial charge >= 0.3 is 5.91 Å². The van der Waals surface area contributed by atoms with Crippen LogP contribution >= 0.6 is 0 Å². The highest BCUT2D eigenvalue weighted by Crippen LogP contribution is 2.26. The zero-order chi connectivity index (χ0) is 17.0. The van der Waals surface area contributed by atoms with Crippen LogP contribution in [0.2, 0.25) is 0 Å². The molecule has 0 unspecified atom stereocenters. The van der Waals surface area contributed by atoms with Gasteiger partial charge in [-0.05, 0) is 32.0 Å². The van der Waals surface area contributed by atoms with Crippen molar-refractivity contribution in [2.75, 3.05) is 20.1 Å². The fourth-order valence-electron chi connectivity index (χ4n) is 2.83. The molecule has 2 aromatic rings. The molecule has 6 heteroatoms. The molecule has 6 nitrogen and oxygen atoms in total. The van der Waals surface area contributed by atoms with E-state index in [2.05, 4.69) is 15.4 Å². The number of rotatable bonds is 4. The summed E-state index contributed by atoms with van der Waals surface area (Å²) in [6.07, 6.45) is 2.56. The number of furan rings is 1.